The fourth-order valence-electron chi connectivity index (χ4n) is 2.63. The van der Waals surface area contributed by atoms with E-state index in [1.165, 1.54) is 0 Å². The quantitative estimate of drug-likeness (QED) is 0.803. The van der Waals surface area contributed by atoms with E-state index in [2.05, 4.69) is 16.4 Å². The summed E-state index contributed by atoms with van der Waals surface area (Å²) in [6.45, 7) is 4.47. The summed E-state index contributed by atoms with van der Waals surface area (Å²) in [4.78, 5) is 11.5. The second-order valence-electron chi connectivity index (χ2n) is 5.61. The molecule has 5 nitrogen and oxygen atoms in total. The molecule has 0 spiro atoms. The Morgan fingerprint density at radius 3 is 2.43 bits per heavy atom. The largest absolute Gasteiger partial charge is 0.476 e. The summed E-state index contributed by atoms with van der Waals surface area (Å²) in [5.74, 6) is -1.07. The summed E-state index contributed by atoms with van der Waals surface area (Å²) in [6, 6.07) is 15.8. The van der Waals surface area contributed by atoms with Crippen molar-refractivity contribution in [1.82, 2.24) is 15.0 Å². The molecule has 2 aromatic carbocycles. The Labute approximate surface area is 134 Å². The lowest BCUT2D eigenvalue weighted by Crippen LogP contribution is -2.06. The van der Waals surface area contributed by atoms with Crippen molar-refractivity contribution >= 4 is 5.97 Å². The van der Waals surface area contributed by atoms with Crippen LogP contribution in [0.1, 0.15) is 27.2 Å². The van der Waals surface area contributed by atoms with E-state index < -0.39 is 5.97 Å². The summed E-state index contributed by atoms with van der Waals surface area (Å²) in [5, 5.41) is 17.3. The van der Waals surface area contributed by atoms with Gasteiger partial charge in [-0.1, -0.05) is 58.8 Å². The first kappa shape index (κ1) is 15.0. The van der Waals surface area contributed by atoms with Crippen molar-refractivity contribution in [2.75, 3.05) is 0 Å². The molecule has 1 N–H and O–H groups in total. The molecule has 5 heteroatoms. The van der Waals surface area contributed by atoms with E-state index in [0.29, 0.717) is 12.2 Å². The van der Waals surface area contributed by atoms with Gasteiger partial charge in [-0.15, -0.1) is 5.10 Å². The second-order valence-corrected chi connectivity index (χ2v) is 5.61. The molecule has 23 heavy (non-hydrogen) atoms. The molecular weight excluding hydrogens is 290 g/mol. The van der Waals surface area contributed by atoms with Gasteiger partial charge in [-0.25, -0.2) is 9.48 Å². The number of benzene rings is 2. The van der Waals surface area contributed by atoms with Crippen LogP contribution in [0, 0.1) is 13.8 Å². The molecule has 0 aliphatic rings. The van der Waals surface area contributed by atoms with Crippen LogP contribution in [-0.4, -0.2) is 26.1 Å². The van der Waals surface area contributed by atoms with Crippen molar-refractivity contribution < 1.29 is 9.90 Å². The SMILES string of the molecule is Cc1cccc(Cn2nnc(C(=O)O)c2-c2cccc(C)c2)c1. The van der Waals surface area contributed by atoms with Crippen molar-refractivity contribution in [3.8, 4) is 11.3 Å². The second kappa shape index (κ2) is 6.04. The third-order valence-corrected chi connectivity index (χ3v) is 3.64. The van der Waals surface area contributed by atoms with Crippen LogP contribution >= 0.6 is 0 Å². The predicted molar refractivity (Wildman–Crippen MR) is 87.4 cm³/mol. The first-order valence-electron chi connectivity index (χ1n) is 7.34. The molecule has 0 aliphatic heterocycles. The highest BCUT2D eigenvalue weighted by atomic mass is 16.4. The van der Waals surface area contributed by atoms with Gasteiger partial charge in [0.2, 0.25) is 0 Å². The highest BCUT2D eigenvalue weighted by Crippen LogP contribution is 2.24. The molecule has 0 fully saturated rings. The van der Waals surface area contributed by atoms with Gasteiger partial charge in [-0.2, -0.15) is 0 Å². The zero-order valence-corrected chi connectivity index (χ0v) is 13.0. The number of aromatic carboxylic acids is 1. The highest BCUT2D eigenvalue weighted by Gasteiger charge is 2.20. The minimum absolute atomic E-state index is 0.0248. The third kappa shape index (κ3) is 3.13. The molecule has 0 aliphatic carbocycles. The molecule has 3 rings (SSSR count). The van der Waals surface area contributed by atoms with Crippen LogP contribution in [-0.2, 0) is 6.54 Å². The summed E-state index contributed by atoms with van der Waals surface area (Å²) >= 11 is 0. The number of carboxylic acid groups (broad SMARTS) is 1. The third-order valence-electron chi connectivity index (χ3n) is 3.64. The van der Waals surface area contributed by atoms with Gasteiger partial charge in [0.25, 0.3) is 0 Å². The summed E-state index contributed by atoms with van der Waals surface area (Å²) < 4.78 is 1.65. The van der Waals surface area contributed by atoms with E-state index in [0.717, 1.165) is 22.3 Å². The Morgan fingerprint density at radius 2 is 1.78 bits per heavy atom. The van der Waals surface area contributed by atoms with E-state index in [4.69, 9.17) is 0 Å². The number of nitrogens with zero attached hydrogens (tertiary/aromatic N) is 3. The first-order chi connectivity index (χ1) is 11.0. The minimum Gasteiger partial charge on any atom is -0.476 e. The van der Waals surface area contributed by atoms with Crippen LogP contribution in [0.3, 0.4) is 0 Å². The Bertz CT molecular complexity index is 868. The van der Waals surface area contributed by atoms with Crippen LogP contribution in [0.15, 0.2) is 48.5 Å². The first-order valence-corrected chi connectivity index (χ1v) is 7.34. The van der Waals surface area contributed by atoms with Gasteiger partial charge in [0.1, 0.15) is 5.69 Å². The van der Waals surface area contributed by atoms with Gasteiger partial charge in [-0.3, -0.25) is 0 Å². The van der Waals surface area contributed by atoms with E-state index in [1.807, 2.05) is 56.3 Å². The number of hydrogen-bond donors (Lipinski definition) is 1. The monoisotopic (exact) mass is 307 g/mol. The van der Waals surface area contributed by atoms with E-state index in [-0.39, 0.29) is 5.69 Å². The standard InChI is InChI=1S/C18H17N3O2/c1-12-5-3-7-14(9-12)11-21-17(16(18(22)23)19-20-21)15-8-4-6-13(2)10-15/h3-10H,11H2,1-2H3,(H,22,23). The molecule has 0 saturated heterocycles. The van der Waals surface area contributed by atoms with Gasteiger partial charge in [0.15, 0.2) is 5.69 Å². The van der Waals surface area contributed by atoms with Gasteiger partial charge in [0.05, 0.1) is 6.54 Å². The Balaban J connectivity index is 2.09. The van der Waals surface area contributed by atoms with Gasteiger partial charge < -0.3 is 5.11 Å². The molecule has 0 atom stereocenters. The Morgan fingerprint density at radius 1 is 1.09 bits per heavy atom. The number of rotatable bonds is 4. The average molecular weight is 307 g/mol. The van der Waals surface area contributed by atoms with Gasteiger partial charge in [0, 0.05) is 5.56 Å². The predicted octanol–water partition coefficient (Wildman–Crippen LogP) is 3.31. The Hall–Kier alpha value is -2.95. The summed E-state index contributed by atoms with van der Waals surface area (Å²) in [5.41, 5.74) is 4.58. The van der Waals surface area contributed by atoms with Crippen molar-refractivity contribution in [3.05, 3.63) is 70.9 Å². The average Bonchev–Trinajstić information content (AvgIpc) is 2.91. The van der Waals surface area contributed by atoms with Crippen molar-refractivity contribution in [3.63, 3.8) is 0 Å². The zero-order chi connectivity index (χ0) is 16.4. The van der Waals surface area contributed by atoms with Crippen LogP contribution < -0.4 is 0 Å². The topological polar surface area (TPSA) is 68.0 Å². The smallest absolute Gasteiger partial charge is 0.358 e. The maximum Gasteiger partial charge on any atom is 0.358 e. The number of aromatic nitrogens is 3. The fraction of sp³-hybridized carbons (Fsp3) is 0.167. The molecule has 0 unspecified atom stereocenters. The number of carbonyl (C=O) groups is 1. The maximum atomic E-state index is 11.5. The lowest BCUT2D eigenvalue weighted by atomic mass is 10.1. The number of hydrogen-bond acceptors (Lipinski definition) is 3. The lowest BCUT2D eigenvalue weighted by molar-refractivity contribution is 0.0691. The van der Waals surface area contributed by atoms with Gasteiger partial charge >= 0.3 is 5.97 Å². The van der Waals surface area contributed by atoms with Crippen LogP contribution in [0.4, 0.5) is 0 Å². The molecule has 116 valence electrons. The molecule has 0 radical (unpaired) electrons. The maximum absolute atomic E-state index is 11.5. The molecule has 3 aromatic rings. The number of aryl methyl sites for hydroxylation is 2. The zero-order valence-electron chi connectivity index (χ0n) is 13.0. The lowest BCUT2D eigenvalue weighted by Gasteiger charge is -2.09. The van der Waals surface area contributed by atoms with Crippen molar-refractivity contribution in [1.29, 1.82) is 0 Å². The van der Waals surface area contributed by atoms with Crippen LogP contribution in [0.25, 0.3) is 11.3 Å². The molecule has 1 heterocycles. The molecular formula is C18H17N3O2. The van der Waals surface area contributed by atoms with Crippen molar-refractivity contribution in [2.45, 2.75) is 20.4 Å². The Kier molecular flexibility index (Phi) is 3.93. The van der Waals surface area contributed by atoms with E-state index in [9.17, 15) is 9.90 Å². The minimum atomic E-state index is -1.07. The van der Waals surface area contributed by atoms with E-state index >= 15 is 0 Å². The molecule has 0 saturated carbocycles. The molecule has 1 aromatic heterocycles. The van der Waals surface area contributed by atoms with Crippen LogP contribution in [0.2, 0.25) is 0 Å². The van der Waals surface area contributed by atoms with E-state index in [1.54, 1.807) is 4.68 Å². The highest BCUT2D eigenvalue weighted by molar-refractivity contribution is 5.92. The summed E-state index contributed by atoms with van der Waals surface area (Å²) in [7, 11) is 0. The molecule has 0 bridgehead atoms. The normalized spacial score (nSPS) is 10.7. The number of carboxylic acids is 1. The summed E-state index contributed by atoms with van der Waals surface area (Å²) in [6.07, 6.45) is 0. The fourth-order valence-corrected chi connectivity index (χ4v) is 2.63. The van der Waals surface area contributed by atoms with Gasteiger partial charge in [-0.05, 0) is 25.5 Å². The van der Waals surface area contributed by atoms with Crippen molar-refractivity contribution in [2.24, 2.45) is 0 Å². The van der Waals surface area contributed by atoms with Crippen LogP contribution in [0.5, 0.6) is 0 Å². The molecule has 0 amide bonds.